The number of benzene rings is 1. The van der Waals surface area contributed by atoms with Crippen LogP contribution < -0.4 is 20.9 Å². The molecule has 1 aromatic carbocycles. The molecule has 1 aromatic heterocycles. The van der Waals surface area contributed by atoms with Gasteiger partial charge in [-0.2, -0.15) is 0 Å². The number of likely N-dealkylation sites (tertiary alicyclic amines) is 1. The highest BCUT2D eigenvalue weighted by molar-refractivity contribution is 5.80. The number of amides is 2. The van der Waals surface area contributed by atoms with Gasteiger partial charge in [0.2, 0.25) is 5.96 Å². The number of fused-ring (bicyclic) bond motifs is 1. The van der Waals surface area contributed by atoms with Crippen LogP contribution in [-0.4, -0.2) is 39.6 Å². The van der Waals surface area contributed by atoms with Crippen LogP contribution in [-0.2, 0) is 0 Å². The molecule has 1 saturated carbocycles. The zero-order valence-electron chi connectivity index (χ0n) is 20.6. The van der Waals surface area contributed by atoms with Crippen LogP contribution in [0.15, 0.2) is 42.6 Å². The Labute approximate surface area is 206 Å². The number of urea groups is 1. The number of rotatable bonds is 4. The Morgan fingerprint density at radius 1 is 0.943 bits per heavy atom. The molecule has 2 amide bonds. The highest BCUT2D eigenvalue weighted by Gasteiger charge is 2.31. The van der Waals surface area contributed by atoms with E-state index in [1.54, 1.807) is 16.8 Å². The van der Waals surface area contributed by atoms with E-state index >= 15 is 0 Å². The number of aromatic nitrogens is 1. The van der Waals surface area contributed by atoms with Gasteiger partial charge in [0, 0.05) is 18.1 Å². The lowest BCUT2D eigenvalue weighted by Crippen LogP contribution is -2.51. The summed E-state index contributed by atoms with van der Waals surface area (Å²) in [4.78, 5) is 14.5. The van der Waals surface area contributed by atoms with E-state index in [0.717, 1.165) is 49.7 Å². The van der Waals surface area contributed by atoms with Gasteiger partial charge >= 0.3 is 6.03 Å². The molecule has 1 aliphatic heterocycles. The fourth-order valence-corrected chi connectivity index (χ4v) is 5.49. The first-order chi connectivity index (χ1) is 16.9. The third-order valence-electron chi connectivity index (χ3n) is 7.52. The van der Waals surface area contributed by atoms with E-state index in [0.29, 0.717) is 17.8 Å². The number of hydrogen-bond acceptors (Lipinski definition) is 4. The molecular formula is C27H36N6O2. The number of piperidine rings is 1. The quantitative estimate of drug-likeness (QED) is 0.387. The number of pyridine rings is 1. The van der Waals surface area contributed by atoms with Gasteiger partial charge in [0.15, 0.2) is 0 Å². The fourth-order valence-electron chi connectivity index (χ4n) is 5.49. The summed E-state index contributed by atoms with van der Waals surface area (Å²) >= 11 is 0. The molecule has 0 spiro atoms. The lowest BCUT2D eigenvalue weighted by molar-refractivity contribution is 0.169. The van der Waals surface area contributed by atoms with Crippen LogP contribution >= 0.6 is 0 Å². The first kappa shape index (κ1) is 23.5. The molecule has 186 valence electrons. The minimum Gasteiger partial charge on any atom is -0.484 e. The Morgan fingerprint density at radius 2 is 1.66 bits per heavy atom. The number of carbonyl (C=O) groups excluding carboxylic acids is 1. The third-order valence-corrected chi connectivity index (χ3v) is 7.52. The number of nitrogens with one attached hydrogen (secondary N) is 4. The zero-order chi connectivity index (χ0) is 24.5. The van der Waals surface area contributed by atoms with Gasteiger partial charge < -0.3 is 20.3 Å². The molecule has 0 unspecified atom stereocenters. The Hall–Kier alpha value is -3.29. The van der Waals surface area contributed by atoms with Gasteiger partial charge in [0.1, 0.15) is 17.3 Å². The SMILES string of the molecule is C[C@@H]1CCC[C@H](C)N1C(=N)n1cc(O[C@@H]2CC[C@H](NC(=O)NC3CC3)c3ccccc32)ccc1=N. The van der Waals surface area contributed by atoms with E-state index < -0.39 is 0 Å². The molecule has 35 heavy (non-hydrogen) atoms. The second-order valence-electron chi connectivity index (χ2n) is 10.2. The molecule has 3 aliphatic rings. The van der Waals surface area contributed by atoms with Gasteiger partial charge in [-0.25, -0.2) is 4.79 Å². The molecule has 0 bridgehead atoms. The molecule has 8 heteroatoms. The molecule has 4 atom stereocenters. The molecule has 2 aromatic rings. The molecule has 4 N–H and O–H groups in total. The summed E-state index contributed by atoms with van der Waals surface area (Å²) in [6.07, 6.45) is 8.60. The summed E-state index contributed by atoms with van der Waals surface area (Å²) in [5, 5.41) is 23.4. The molecule has 1 saturated heterocycles. The lowest BCUT2D eigenvalue weighted by atomic mass is 9.85. The van der Waals surface area contributed by atoms with Crippen molar-refractivity contribution in [3.05, 3.63) is 59.2 Å². The standard InChI is InChI=1S/C27H36N6O2/c1-17-6-5-7-18(2)33(17)26(29)32-16-20(12-15-25(32)28)35-24-14-13-23(21-8-3-4-9-22(21)24)31-27(34)30-19-10-11-19/h3-4,8-9,12,15-19,23-24,28-29H,5-7,10-11,13-14H2,1-2H3,(H2,30,31,34)/t17-,18+,23-,24+/m0/s1. The van der Waals surface area contributed by atoms with Crippen LogP contribution in [0.4, 0.5) is 4.79 Å². The van der Waals surface area contributed by atoms with Crippen LogP contribution in [0, 0.1) is 10.8 Å². The van der Waals surface area contributed by atoms with E-state index in [-0.39, 0.29) is 35.7 Å². The first-order valence-corrected chi connectivity index (χ1v) is 12.9. The van der Waals surface area contributed by atoms with E-state index in [1.807, 2.05) is 18.2 Å². The number of hydrogen-bond donors (Lipinski definition) is 4. The summed E-state index contributed by atoms with van der Waals surface area (Å²) in [6.45, 7) is 4.31. The largest absolute Gasteiger partial charge is 0.484 e. The Balaban J connectivity index is 1.34. The van der Waals surface area contributed by atoms with Gasteiger partial charge in [-0.1, -0.05) is 24.3 Å². The fraction of sp³-hybridized carbons (Fsp3) is 0.519. The second kappa shape index (κ2) is 9.76. The van der Waals surface area contributed by atoms with Crippen molar-refractivity contribution in [2.75, 3.05) is 0 Å². The summed E-state index contributed by atoms with van der Waals surface area (Å²) < 4.78 is 8.07. The second-order valence-corrected chi connectivity index (χ2v) is 10.2. The molecular weight excluding hydrogens is 440 g/mol. The van der Waals surface area contributed by atoms with Crippen LogP contribution in [0.25, 0.3) is 0 Å². The van der Waals surface area contributed by atoms with Crippen molar-refractivity contribution in [1.29, 1.82) is 10.8 Å². The monoisotopic (exact) mass is 476 g/mol. The van der Waals surface area contributed by atoms with Crippen LogP contribution in [0.2, 0.25) is 0 Å². The van der Waals surface area contributed by atoms with Gasteiger partial charge in [-0.3, -0.25) is 15.4 Å². The number of carbonyl (C=O) groups is 1. The first-order valence-electron chi connectivity index (χ1n) is 12.9. The van der Waals surface area contributed by atoms with E-state index in [4.69, 9.17) is 15.6 Å². The highest BCUT2D eigenvalue weighted by Crippen LogP contribution is 2.38. The van der Waals surface area contributed by atoms with Crippen molar-refractivity contribution < 1.29 is 9.53 Å². The molecule has 0 radical (unpaired) electrons. The summed E-state index contributed by atoms with van der Waals surface area (Å²) in [5.74, 6) is 0.968. The van der Waals surface area contributed by atoms with Crippen molar-refractivity contribution in [2.24, 2.45) is 0 Å². The maximum atomic E-state index is 12.4. The Bertz CT molecular complexity index is 1150. The van der Waals surface area contributed by atoms with Gasteiger partial charge in [-0.05, 0) is 82.1 Å². The van der Waals surface area contributed by atoms with Crippen LogP contribution in [0.1, 0.15) is 82.1 Å². The van der Waals surface area contributed by atoms with Crippen LogP contribution in [0.3, 0.4) is 0 Å². The van der Waals surface area contributed by atoms with Gasteiger partial charge in [0.05, 0.1) is 12.2 Å². The third kappa shape index (κ3) is 5.06. The maximum absolute atomic E-state index is 12.4. The van der Waals surface area contributed by atoms with Gasteiger partial charge in [-0.15, -0.1) is 0 Å². The normalized spacial score (nSPS) is 25.9. The maximum Gasteiger partial charge on any atom is 0.315 e. The van der Waals surface area contributed by atoms with Crippen molar-refractivity contribution in [3.63, 3.8) is 0 Å². The smallest absolute Gasteiger partial charge is 0.315 e. The van der Waals surface area contributed by atoms with Crippen molar-refractivity contribution in [1.82, 2.24) is 20.1 Å². The molecule has 2 heterocycles. The summed E-state index contributed by atoms with van der Waals surface area (Å²) in [7, 11) is 0. The Kier molecular flexibility index (Phi) is 6.54. The van der Waals surface area contributed by atoms with Crippen LogP contribution in [0.5, 0.6) is 5.75 Å². The zero-order valence-corrected chi connectivity index (χ0v) is 20.6. The Morgan fingerprint density at radius 3 is 2.37 bits per heavy atom. The number of nitrogens with zero attached hydrogens (tertiary/aromatic N) is 2. The van der Waals surface area contributed by atoms with E-state index in [9.17, 15) is 4.79 Å². The molecule has 2 fully saturated rings. The van der Waals surface area contributed by atoms with E-state index in [1.165, 1.54) is 6.42 Å². The summed E-state index contributed by atoms with van der Waals surface area (Å²) in [6, 6.07) is 12.4. The predicted molar refractivity (Wildman–Crippen MR) is 135 cm³/mol. The highest BCUT2D eigenvalue weighted by atomic mass is 16.5. The molecule has 2 aliphatic carbocycles. The lowest BCUT2D eigenvalue weighted by Gasteiger charge is -2.41. The average molecular weight is 477 g/mol. The minimum atomic E-state index is -0.150. The predicted octanol–water partition coefficient (Wildman–Crippen LogP) is 4.43. The molecule has 5 rings (SSSR count). The van der Waals surface area contributed by atoms with Crippen molar-refractivity contribution in [3.8, 4) is 5.75 Å². The van der Waals surface area contributed by atoms with Gasteiger partial charge in [0.25, 0.3) is 0 Å². The summed E-state index contributed by atoms with van der Waals surface area (Å²) in [5.41, 5.74) is 2.43. The van der Waals surface area contributed by atoms with E-state index in [2.05, 4.69) is 41.5 Å². The minimum absolute atomic E-state index is 0.0411. The number of ether oxygens (including phenoxy) is 1. The average Bonchev–Trinajstić information content (AvgIpc) is 3.65. The topological polar surface area (TPSA) is 106 Å². The van der Waals surface area contributed by atoms with Crippen molar-refractivity contribution in [2.45, 2.75) is 89.1 Å². The molecule has 8 nitrogen and oxygen atoms in total. The van der Waals surface area contributed by atoms with Crippen molar-refractivity contribution >= 4 is 12.0 Å².